The highest BCUT2D eigenvalue weighted by Gasteiger charge is 2.40. The Balaban J connectivity index is 1.65. The SMILES string of the molecule is CC1CN(C2Cc3ccccc3C2O)CCN1CC(F)(F)F. The van der Waals surface area contributed by atoms with E-state index in [0.29, 0.717) is 19.6 Å². The minimum Gasteiger partial charge on any atom is -0.387 e. The van der Waals surface area contributed by atoms with Crippen LogP contribution >= 0.6 is 0 Å². The van der Waals surface area contributed by atoms with Gasteiger partial charge in [0, 0.05) is 31.7 Å². The number of piperazine rings is 1. The molecule has 0 radical (unpaired) electrons. The van der Waals surface area contributed by atoms with Gasteiger partial charge in [-0.25, -0.2) is 0 Å². The molecule has 3 atom stereocenters. The van der Waals surface area contributed by atoms with Gasteiger partial charge in [0.05, 0.1) is 12.6 Å². The summed E-state index contributed by atoms with van der Waals surface area (Å²) in [6, 6.07) is 7.64. The van der Waals surface area contributed by atoms with Crippen LogP contribution in [-0.2, 0) is 6.42 Å². The van der Waals surface area contributed by atoms with Crippen LogP contribution in [0.1, 0.15) is 24.2 Å². The molecule has 1 aromatic rings. The molecule has 3 unspecified atom stereocenters. The van der Waals surface area contributed by atoms with Crippen LogP contribution in [-0.4, -0.2) is 59.3 Å². The van der Waals surface area contributed by atoms with Gasteiger partial charge in [-0.3, -0.25) is 9.80 Å². The molecule has 0 spiro atoms. The molecule has 0 saturated carbocycles. The third-order valence-electron chi connectivity index (χ3n) is 4.82. The molecule has 2 aliphatic rings. The maximum Gasteiger partial charge on any atom is 0.401 e. The molecular weight excluding hydrogens is 293 g/mol. The first-order chi connectivity index (χ1) is 10.3. The molecule has 1 fully saturated rings. The second kappa shape index (κ2) is 5.83. The van der Waals surface area contributed by atoms with Gasteiger partial charge in [-0.15, -0.1) is 0 Å². The summed E-state index contributed by atoms with van der Waals surface area (Å²) in [7, 11) is 0. The number of rotatable bonds is 2. The number of hydrogen-bond acceptors (Lipinski definition) is 3. The summed E-state index contributed by atoms with van der Waals surface area (Å²) in [5.74, 6) is 0. The normalized spacial score (nSPS) is 30.5. The Kier molecular flexibility index (Phi) is 4.18. The van der Waals surface area contributed by atoms with E-state index in [1.807, 2.05) is 31.2 Å². The predicted octanol–water partition coefficient (Wildman–Crippen LogP) is 2.21. The largest absolute Gasteiger partial charge is 0.401 e. The van der Waals surface area contributed by atoms with Crippen LogP contribution in [0.25, 0.3) is 0 Å². The highest BCUT2D eigenvalue weighted by atomic mass is 19.4. The number of hydrogen-bond donors (Lipinski definition) is 1. The number of alkyl halides is 3. The van der Waals surface area contributed by atoms with Crippen LogP contribution in [0.3, 0.4) is 0 Å². The maximum absolute atomic E-state index is 12.6. The number of halogens is 3. The summed E-state index contributed by atoms with van der Waals surface area (Å²) in [6.45, 7) is 2.49. The Bertz CT molecular complexity index is 534. The molecule has 3 rings (SSSR count). The quantitative estimate of drug-likeness (QED) is 0.907. The number of fused-ring (bicyclic) bond motifs is 1. The summed E-state index contributed by atoms with van der Waals surface area (Å²) in [4.78, 5) is 3.62. The van der Waals surface area contributed by atoms with Crippen molar-refractivity contribution in [1.82, 2.24) is 9.80 Å². The van der Waals surface area contributed by atoms with Gasteiger partial charge in [-0.1, -0.05) is 24.3 Å². The molecule has 1 heterocycles. The zero-order valence-corrected chi connectivity index (χ0v) is 12.6. The molecule has 1 saturated heterocycles. The van der Waals surface area contributed by atoms with Crippen molar-refractivity contribution >= 4 is 0 Å². The van der Waals surface area contributed by atoms with Crippen LogP contribution in [0, 0.1) is 0 Å². The molecule has 0 aromatic heterocycles. The van der Waals surface area contributed by atoms with Gasteiger partial charge in [0.1, 0.15) is 0 Å². The van der Waals surface area contributed by atoms with Crippen LogP contribution in [0.15, 0.2) is 24.3 Å². The Morgan fingerprint density at radius 2 is 1.95 bits per heavy atom. The fourth-order valence-electron chi connectivity index (χ4n) is 3.67. The molecular formula is C16H21F3N2O. The summed E-state index contributed by atoms with van der Waals surface area (Å²) in [6.07, 6.45) is -3.93. The number of benzene rings is 1. The number of nitrogens with zero attached hydrogens (tertiary/aromatic N) is 2. The first kappa shape index (κ1) is 15.8. The summed E-state index contributed by atoms with van der Waals surface area (Å²) in [5.41, 5.74) is 2.10. The van der Waals surface area contributed by atoms with E-state index in [-0.39, 0.29) is 12.1 Å². The first-order valence-electron chi connectivity index (χ1n) is 7.66. The van der Waals surface area contributed by atoms with Crippen molar-refractivity contribution in [3.8, 4) is 0 Å². The molecule has 0 bridgehead atoms. The molecule has 1 aliphatic heterocycles. The maximum atomic E-state index is 12.6. The summed E-state index contributed by atoms with van der Waals surface area (Å²) in [5, 5.41) is 10.5. The van der Waals surface area contributed by atoms with E-state index >= 15 is 0 Å². The van der Waals surface area contributed by atoms with Crippen molar-refractivity contribution in [2.24, 2.45) is 0 Å². The van der Waals surface area contributed by atoms with E-state index in [1.54, 1.807) is 0 Å². The lowest BCUT2D eigenvalue weighted by molar-refractivity contribution is -0.156. The first-order valence-corrected chi connectivity index (χ1v) is 7.66. The van der Waals surface area contributed by atoms with Crippen molar-refractivity contribution in [3.05, 3.63) is 35.4 Å². The average molecular weight is 314 g/mol. The fourth-order valence-corrected chi connectivity index (χ4v) is 3.67. The minimum absolute atomic E-state index is 0.0205. The summed E-state index contributed by atoms with van der Waals surface area (Å²) < 4.78 is 37.7. The van der Waals surface area contributed by atoms with E-state index in [0.717, 1.165) is 17.5 Å². The van der Waals surface area contributed by atoms with Crippen LogP contribution < -0.4 is 0 Å². The zero-order chi connectivity index (χ0) is 15.9. The smallest absolute Gasteiger partial charge is 0.387 e. The molecule has 122 valence electrons. The number of aliphatic hydroxyl groups is 1. The fraction of sp³-hybridized carbons (Fsp3) is 0.625. The van der Waals surface area contributed by atoms with Crippen molar-refractivity contribution < 1.29 is 18.3 Å². The standard InChI is InChI=1S/C16H21F3N2O/c1-11-9-20(6-7-21(11)10-16(17,18)19)14-8-12-4-2-3-5-13(12)15(14)22/h2-5,11,14-15,22H,6-10H2,1H3. The van der Waals surface area contributed by atoms with Crippen molar-refractivity contribution in [2.75, 3.05) is 26.2 Å². The molecule has 3 nitrogen and oxygen atoms in total. The zero-order valence-electron chi connectivity index (χ0n) is 12.6. The van der Waals surface area contributed by atoms with E-state index in [1.165, 1.54) is 4.90 Å². The molecule has 0 amide bonds. The second-order valence-corrected chi connectivity index (χ2v) is 6.34. The van der Waals surface area contributed by atoms with Crippen molar-refractivity contribution in [3.63, 3.8) is 0 Å². The summed E-state index contributed by atoms with van der Waals surface area (Å²) >= 11 is 0. The third kappa shape index (κ3) is 3.14. The lowest BCUT2D eigenvalue weighted by atomic mass is 10.1. The van der Waals surface area contributed by atoms with Gasteiger partial charge in [0.25, 0.3) is 0 Å². The highest BCUT2D eigenvalue weighted by Crippen LogP contribution is 2.35. The average Bonchev–Trinajstić information content (AvgIpc) is 2.78. The van der Waals surface area contributed by atoms with Crippen LogP contribution in [0.5, 0.6) is 0 Å². The molecule has 1 aromatic carbocycles. The monoisotopic (exact) mass is 314 g/mol. The van der Waals surface area contributed by atoms with Crippen LogP contribution in [0.4, 0.5) is 13.2 Å². The third-order valence-corrected chi connectivity index (χ3v) is 4.82. The van der Waals surface area contributed by atoms with Gasteiger partial charge < -0.3 is 5.11 Å². The van der Waals surface area contributed by atoms with Gasteiger partial charge in [0.15, 0.2) is 0 Å². The van der Waals surface area contributed by atoms with Crippen LogP contribution in [0.2, 0.25) is 0 Å². The Hall–Kier alpha value is -1.11. The van der Waals surface area contributed by atoms with Gasteiger partial charge >= 0.3 is 6.18 Å². The molecule has 1 aliphatic carbocycles. The lowest BCUT2D eigenvalue weighted by Crippen LogP contribution is -2.57. The molecule has 6 heteroatoms. The van der Waals surface area contributed by atoms with Gasteiger partial charge in [0.2, 0.25) is 0 Å². The van der Waals surface area contributed by atoms with E-state index < -0.39 is 18.8 Å². The van der Waals surface area contributed by atoms with E-state index in [4.69, 9.17) is 0 Å². The molecule has 1 N–H and O–H groups in total. The van der Waals surface area contributed by atoms with Crippen molar-refractivity contribution in [1.29, 1.82) is 0 Å². The Labute approximate surface area is 128 Å². The van der Waals surface area contributed by atoms with E-state index in [2.05, 4.69) is 4.90 Å². The Morgan fingerprint density at radius 1 is 1.23 bits per heavy atom. The minimum atomic E-state index is -4.15. The predicted molar refractivity (Wildman–Crippen MR) is 77.6 cm³/mol. The van der Waals surface area contributed by atoms with Gasteiger partial charge in [-0.2, -0.15) is 13.2 Å². The van der Waals surface area contributed by atoms with Crippen molar-refractivity contribution in [2.45, 2.75) is 37.7 Å². The molecule has 22 heavy (non-hydrogen) atoms. The van der Waals surface area contributed by atoms with E-state index in [9.17, 15) is 18.3 Å². The Morgan fingerprint density at radius 3 is 2.59 bits per heavy atom. The second-order valence-electron chi connectivity index (χ2n) is 6.34. The van der Waals surface area contributed by atoms with Gasteiger partial charge in [-0.05, 0) is 24.5 Å². The topological polar surface area (TPSA) is 26.7 Å². The lowest BCUT2D eigenvalue weighted by Gasteiger charge is -2.43. The highest BCUT2D eigenvalue weighted by molar-refractivity contribution is 5.36. The number of aliphatic hydroxyl groups excluding tert-OH is 1.